The summed E-state index contributed by atoms with van der Waals surface area (Å²) in [5.41, 5.74) is 1.20. The molecule has 0 amide bonds. The first-order valence-electron chi connectivity index (χ1n) is 5.41. The van der Waals surface area contributed by atoms with Crippen LogP contribution in [-0.4, -0.2) is 16.1 Å². The van der Waals surface area contributed by atoms with E-state index < -0.39 is 0 Å². The van der Waals surface area contributed by atoms with Gasteiger partial charge in [0.05, 0.1) is 11.8 Å². The Morgan fingerprint density at radius 2 is 2.44 bits per heavy atom. The highest BCUT2D eigenvalue weighted by molar-refractivity contribution is 5.83. The van der Waals surface area contributed by atoms with Crippen LogP contribution in [0.4, 0.5) is 0 Å². The zero-order valence-electron chi connectivity index (χ0n) is 9.22. The van der Waals surface area contributed by atoms with Gasteiger partial charge in [-0.3, -0.25) is 9.48 Å². The molecule has 0 bridgehead atoms. The molecule has 16 heavy (non-hydrogen) atoms. The van der Waals surface area contributed by atoms with Crippen LogP contribution in [0.5, 0.6) is 0 Å². The number of hydrogen-bond acceptors (Lipinski definition) is 3. The number of unbranched alkanes of at least 4 members (excludes halogenated alkanes) is 1. The Morgan fingerprint density at radius 1 is 1.56 bits per heavy atom. The average molecular weight is 218 g/mol. The summed E-state index contributed by atoms with van der Waals surface area (Å²) in [4.78, 5) is 10.9. The number of hydrogen-bond donors (Lipinski definition) is 0. The third kappa shape index (κ3) is 2.05. The molecule has 0 aliphatic rings. The van der Waals surface area contributed by atoms with Gasteiger partial charge in [0.25, 0.3) is 0 Å². The van der Waals surface area contributed by atoms with E-state index in [1.807, 2.05) is 0 Å². The summed E-state index contributed by atoms with van der Waals surface area (Å²) in [6, 6.07) is 3.59. The van der Waals surface area contributed by atoms with Crippen molar-refractivity contribution in [3.63, 3.8) is 0 Å². The number of furan rings is 1. The summed E-state index contributed by atoms with van der Waals surface area (Å²) >= 11 is 0. The van der Waals surface area contributed by atoms with Gasteiger partial charge in [0, 0.05) is 12.7 Å². The summed E-state index contributed by atoms with van der Waals surface area (Å²) in [6.07, 6.45) is 6.31. The molecule has 2 heterocycles. The van der Waals surface area contributed by atoms with Gasteiger partial charge in [0.2, 0.25) is 0 Å². The Hall–Kier alpha value is -1.84. The number of carbonyl (C=O) groups is 1. The van der Waals surface area contributed by atoms with Crippen molar-refractivity contribution < 1.29 is 9.21 Å². The molecule has 4 heteroatoms. The van der Waals surface area contributed by atoms with Gasteiger partial charge in [-0.05, 0) is 18.6 Å². The van der Waals surface area contributed by atoms with E-state index in [0.717, 1.165) is 25.7 Å². The highest BCUT2D eigenvalue weighted by Crippen LogP contribution is 2.21. The van der Waals surface area contributed by atoms with Crippen molar-refractivity contribution in [2.45, 2.75) is 26.3 Å². The van der Waals surface area contributed by atoms with Crippen LogP contribution in [0.1, 0.15) is 30.1 Å². The normalized spacial score (nSPS) is 10.6. The molecule has 2 aromatic heterocycles. The van der Waals surface area contributed by atoms with E-state index in [9.17, 15) is 4.79 Å². The topological polar surface area (TPSA) is 48.0 Å². The summed E-state index contributed by atoms with van der Waals surface area (Å²) in [7, 11) is 0. The van der Waals surface area contributed by atoms with Gasteiger partial charge in [-0.15, -0.1) is 0 Å². The molecule has 0 aromatic carbocycles. The van der Waals surface area contributed by atoms with Crippen molar-refractivity contribution in [1.29, 1.82) is 0 Å². The van der Waals surface area contributed by atoms with Crippen LogP contribution in [0.2, 0.25) is 0 Å². The van der Waals surface area contributed by atoms with Crippen molar-refractivity contribution in [3.05, 3.63) is 30.2 Å². The Morgan fingerprint density at radius 3 is 3.06 bits per heavy atom. The van der Waals surface area contributed by atoms with Crippen molar-refractivity contribution >= 4 is 6.29 Å². The zero-order chi connectivity index (χ0) is 11.4. The third-order valence-electron chi connectivity index (χ3n) is 2.41. The summed E-state index contributed by atoms with van der Waals surface area (Å²) in [5, 5.41) is 4.35. The number of aromatic nitrogens is 2. The number of rotatable bonds is 5. The Labute approximate surface area is 93.9 Å². The van der Waals surface area contributed by atoms with E-state index >= 15 is 0 Å². The van der Waals surface area contributed by atoms with E-state index in [4.69, 9.17) is 4.42 Å². The third-order valence-corrected chi connectivity index (χ3v) is 2.41. The van der Waals surface area contributed by atoms with Gasteiger partial charge in [0.1, 0.15) is 5.69 Å². The summed E-state index contributed by atoms with van der Waals surface area (Å²) < 4.78 is 7.04. The Bertz CT molecular complexity index is 457. The Kier molecular flexibility index (Phi) is 3.19. The number of aryl methyl sites for hydroxylation is 1. The first kappa shape index (κ1) is 10.7. The molecule has 2 rings (SSSR count). The SMILES string of the molecule is CCCCn1cc(C=O)c(-c2ccco2)n1. The second kappa shape index (κ2) is 4.79. The molecule has 2 aromatic rings. The lowest BCUT2D eigenvalue weighted by Gasteiger charge is -1.97. The minimum absolute atomic E-state index is 0.575. The molecule has 0 radical (unpaired) electrons. The lowest BCUT2D eigenvalue weighted by Crippen LogP contribution is -1.97. The van der Waals surface area contributed by atoms with E-state index in [-0.39, 0.29) is 0 Å². The molecule has 0 saturated heterocycles. The van der Waals surface area contributed by atoms with Crippen LogP contribution in [0.25, 0.3) is 11.5 Å². The fraction of sp³-hybridized carbons (Fsp3) is 0.333. The molecule has 0 aliphatic heterocycles. The number of nitrogens with zero attached hydrogens (tertiary/aromatic N) is 2. The molecule has 84 valence electrons. The second-order valence-electron chi connectivity index (χ2n) is 3.64. The van der Waals surface area contributed by atoms with Crippen LogP contribution in [-0.2, 0) is 6.54 Å². The van der Waals surface area contributed by atoms with Gasteiger partial charge >= 0.3 is 0 Å². The molecular formula is C12H14N2O2. The van der Waals surface area contributed by atoms with E-state index in [2.05, 4.69) is 12.0 Å². The molecule has 0 fully saturated rings. The second-order valence-corrected chi connectivity index (χ2v) is 3.64. The maximum atomic E-state index is 10.9. The predicted octanol–water partition coefficient (Wildman–Crippen LogP) is 2.76. The van der Waals surface area contributed by atoms with Crippen molar-refractivity contribution in [2.24, 2.45) is 0 Å². The van der Waals surface area contributed by atoms with E-state index in [1.165, 1.54) is 0 Å². The number of aldehydes is 1. The molecular weight excluding hydrogens is 204 g/mol. The molecule has 0 unspecified atom stereocenters. The average Bonchev–Trinajstić information content (AvgIpc) is 2.94. The number of carbonyl (C=O) groups excluding carboxylic acids is 1. The van der Waals surface area contributed by atoms with E-state index in [1.54, 1.807) is 29.3 Å². The first-order valence-corrected chi connectivity index (χ1v) is 5.41. The highest BCUT2D eigenvalue weighted by atomic mass is 16.3. The minimum atomic E-state index is 0.575. The summed E-state index contributed by atoms with van der Waals surface area (Å²) in [5.74, 6) is 0.636. The monoisotopic (exact) mass is 218 g/mol. The molecule has 4 nitrogen and oxygen atoms in total. The predicted molar refractivity (Wildman–Crippen MR) is 60.2 cm³/mol. The quantitative estimate of drug-likeness (QED) is 0.725. The van der Waals surface area contributed by atoms with Crippen molar-refractivity contribution in [2.75, 3.05) is 0 Å². The fourth-order valence-electron chi connectivity index (χ4n) is 1.56. The standard InChI is InChI=1S/C12H14N2O2/c1-2-3-6-14-8-10(9-15)12(13-14)11-5-4-7-16-11/h4-5,7-9H,2-3,6H2,1H3. The van der Waals surface area contributed by atoms with Gasteiger partial charge in [0.15, 0.2) is 12.0 Å². The highest BCUT2D eigenvalue weighted by Gasteiger charge is 2.12. The van der Waals surface area contributed by atoms with E-state index in [0.29, 0.717) is 17.0 Å². The van der Waals surface area contributed by atoms with Crippen LogP contribution in [0.3, 0.4) is 0 Å². The van der Waals surface area contributed by atoms with Crippen LogP contribution >= 0.6 is 0 Å². The first-order chi connectivity index (χ1) is 7.85. The van der Waals surface area contributed by atoms with Gasteiger partial charge in [-0.2, -0.15) is 5.10 Å². The molecule has 0 atom stereocenters. The maximum Gasteiger partial charge on any atom is 0.154 e. The fourth-order valence-corrected chi connectivity index (χ4v) is 1.56. The Balaban J connectivity index is 2.30. The van der Waals surface area contributed by atoms with Crippen molar-refractivity contribution in [3.8, 4) is 11.5 Å². The molecule has 0 spiro atoms. The van der Waals surface area contributed by atoms with Gasteiger partial charge in [-0.25, -0.2) is 0 Å². The molecule has 0 aliphatic carbocycles. The molecule has 0 N–H and O–H groups in total. The zero-order valence-corrected chi connectivity index (χ0v) is 9.22. The van der Waals surface area contributed by atoms with Crippen LogP contribution < -0.4 is 0 Å². The summed E-state index contributed by atoms with van der Waals surface area (Å²) in [6.45, 7) is 2.95. The van der Waals surface area contributed by atoms with Gasteiger partial charge in [-0.1, -0.05) is 13.3 Å². The van der Waals surface area contributed by atoms with Crippen LogP contribution in [0, 0.1) is 0 Å². The van der Waals surface area contributed by atoms with Crippen molar-refractivity contribution in [1.82, 2.24) is 9.78 Å². The van der Waals surface area contributed by atoms with Gasteiger partial charge < -0.3 is 4.42 Å². The lowest BCUT2D eigenvalue weighted by molar-refractivity contribution is 0.112. The van der Waals surface area contributed by atoms with Crippen LogP contribution in [0.15, 0.2) is 29.0 Å². The molecule has 0 saturated carbocycles. The minimum Gasteiger partial charge on any atom is -0.463 e. The maximum absolute atomic E-state index is 10.9. The largest absolute Gasteiger partial charge is 0.463 e. The lowest BCUT2D eigenvalue weighted by atomic mass is 10.2. The smallest absolute Gasteiger partial charge is 0.154 e.